The van der Waals surface area contributed by atoms with Gasteiger partial charge in [-0.2, -0.15) is 0 Å². The van der Waals surface area contributed by atoms with Gasteiger partial charge >= 0.3 is 5.97 Å². The van der Waals surface area contributed by atoms with Crippen LogP contribution in [-0.4, -0.2) is 42.1 Å². The van der Waals surface area contributed by atoms with Crippen LogP contribution in [0.3, 0.4) is 0 Å². The summed E-state index contributed by atoms with van der Waals surface area (Å²) >= 11 is 0. The molecule has 0 bridgehead atoms. The molecule has 1 aliphatic heterocycles. The highest BCUT2D eigenvalue weighted by atomic mass is 16.6. The van der Waals surface area contributed by atoms with Gasteiger partial charge in [0.25, 0.3) is 0 Å². The molecule has 1 aliphatic rings. The second-order valence-electron chi connectivity index (χ2n) is 5.81. The first-order chi connectivity index (χ1) is 9.73. The van der Waals surface area contributed by atoms with Crippen molar-refractivity contribution < 1.29 is 9.53 Å². The Morgan fingerprint density at radius 3 is 2.71 bits per heavy atom. The Hall–Kier alpha value is -2.15. The normalized spacial score (nSPS) is 15.2. The fourth-order valence-corrected chi connectivity index (χ4v) is 1.52. The number of carbonyl (C=O) groups excluding carboxylic acids is 1. The van der Waals surface area contributed by atoms with E-state index in [0.29, 0.717) is 12.2 Å². The zero-order chi connectivity index (χ0) is 16.0. The second-order valence-corrected chi connectivity index (χ2v) is 5.81. The highest BCUT2D eigenvalue weighted by Gasteiger charge is 2.24. The van der Waals surface area contributed by atoms with Crippen LogP contribution in [0, 0.1) is 0 Å². The average molecular weight is 295 g/mol. The Bertz CT molecular complexity index is 449. The van der Waals surface area contributed by atoms with E-state index in [4.69, 9.17) is 4.74 Å². The number of hydrogen-bond donors (Lipinski definition) is 3. The zero-order valence-corrected chi connectivity index (χ0v) is 13.4. The highest BCUT2D eigenvalue weighted by Crippen LogP contribution is 2.12. The van der Waals surface area contributed by atoms with Crippen molar-refractivity contribution in [3.8, 4) is 0 Å². The van der Waals surface area contributed by atoms with Crippen molar-refractivity contribution in [3.63, 3.8) is 0 Å². The number of carbonyl (C=O) groups is 1. The van der Waals surface area contributed by atoms with E-state index in [1.165, 1.54) is 0 Å². The fraction of sp³-hybridized carbons (Fsp3) is 0.500. The zero-order valence-electron chi connectivity index (χ0n) is 13.4. The molecule has 3 N–H and O–H groups in total. The topological polar surface area (TPSA) is 68.9 Å². The van der Waals surface area contributed by atoms with Gasteiger partial charge in [-0.3, -0.25) is 10.4 Å². The lowest BCUT2D eigenvalue weighted by Crippen LogP contribution is -2.40. The summed E-state index contributed by atoms with van der Waals surface area (Å²) in [6.07, 6.45) is 5.12. The minimum absolute atomic E-state index is 0.375. The predicted octanol–water partition coefficient (Wildman–Crippen LogP) is 0.630. The van der Waals surface area contributed by atoms with Gasteiger partial charge in [-0.1, -0.05) is 6.58 Å². The maximum absolute atomic E-state index is 11.9. The minimum Gasteiger partial charge on any atom is -0.455 e. The molecule has 0 spiro atoms. The van der Waals surface area contributed by atoms with Crippen LogP contribution < -0.4 is 16.3 Å². The van der Waals surface area contributed by atoms with Crippen LogP contribution in [-0.2, 0) is 9.53 Å². The highest BCUT2D eigenvalue weighted by molar-refractivity contribution is 5.88. The molecular formula is C14H25N5O2. The van der Waals surface area contributed by atoms with Crippen molar-refractivity contribution in [2.24, 2.45) is 0 Å². The van der Waals surface area contributed by atoms with Gasteiger partial charge < -0.3 is 15.0 Å². The molecular weight excluding hydrogens is 270 g/mol. The van der Waals surface area contributed by atoms with E-state index in [0.717, 1.165) is 5.70 Å². The SMILES string of the molecule is C=CN/C=C(/CN1C=C(C(=O)OC(C)(C)C)NN1)N(C)C. The molecule has 0 aromatic heterocycles. The van der Waals surface area contributed by atoms with Gasteiger partial charge in [0.1, 0.15) is 5.60 Å². The Labute approximate surface area is 126 Å². The summed E-state index contributed by atoms with van der Waals surface area (Å²) in [5, 5.41) is 4.70. The molecule has 7 nitrogen and oxygen atoms in total. The summed E-state index contributed by atoms with van der Waals surface area (Å²) in [6, 6.07) is 0. The van der Waals surface area contributed by atoms with Crippen molar-refractivity contribution in [1.29, 1.82) is 0 Å². The quantitative estimate of drug-likeness (QED) is 0.621. The van der Waals surface area contributed by atoms with Crippen LogP contribution >= 0.6 is 0 Å². The molecule has 0 aliphatic carbocycles. The lowest BCUT2D eigenvalue weighted by Gasteiger charge is -2.22. The van der Waals surface area contributed by atoms with Gasteiger partial charge in [-0.05, 0) is 27.0 Å². The van der Waals surface area contributed by atoms with Crippen molar-refractivity contribution in [2.75, 3.05) is 20.6 Å². The maximum atomic E-state index is 11.9. The molecule has 118 valence electrons. The standard InChI is InChI=1S/C14H25N5O2/c1-7-15-8-11(18(5)6)9-19-10-12(16-17-19)13(20)21-14(2,3)4/h7-8,10,15-17H,1,9H2,2-6H3/b11-8-. The summed E-state index contributed by atoms with van der Waals surface area (Å²) in [5.74, 6) is -0.392. The van der Waals surface area contributed by atoms with Crippen LogP contribution in [0.5, 0.6) is 0 Å². The summed E-state index contributed by atoms with van der Waals surface area (Å²) in [4.78, 5) is 13.9. The summed E-state index contributed by atoms with van der Waals surface area (Å²) in [6.45, 7) is 9.67. The average Bonchev–Trinajstić information content (AvgIpc) is 2.80. The molecule has 0 saturated heterocycles. The number of likely N-dealkylation sites (N-methyl/N-ethyl adjacent to an activating group) is 1. The second kappa shape index (κ2) is 7.03. The smallest absolute Gasteiger partial charge is 0.357 e. The van der Waals surface area contributed by atoms with Crippen LogP contribution in [0.25, 0.3) is 0 Å². The van der Waals surface area contributed by atoms with Crippen LogP contribution in [0.15, 0.2) is 36.6 Å². The van der Waals surface area contributed by atoms with E-state index >= 15 is 0 Å². The van der Waals surface area contributed by atoms with Gasteiger partial charge in [0, 0.05) is 20.3 Å². The molecule has 0 aromatic rings. The van der Waals surface area contributed by atoms with Gasteiger partial charge in [0.05, 0.1) is 18.4 Å². The molecule has 1 heterocycles. The molecule has 0 radical (unpaired) electrons. The number of rotatable bonds is 6. The Kier molecular flexibility index (Phi) is 5.66. The number of ether oxygens (including phenoxy) is 1. The van der Waals surface area contributed by atoms with E-state index in [1.54, 1.807) is 17.4 Å². The van der Waals surface area contributed by atoms with Crippen LogP contribution in [0.1, 0.15) is 20.8 Å². The molecule has 0 fully saturated rings. The minimum atomic E-state index is -0.518. The molecule has 7 heteroatoms. The number of hydrogen-bond acceptors (Lipinski definition) is 7. The van der Waals surface area contributed by atoms with Crippen molar-refractivity contribution in [2.45, 2.75) is 26.4 Å². The van der Waals surface area contributed by atoms with Crippen molar-refractivity contribution in [1.82, 2.24) is 26.2 Å². The molecule has 0 amide bonds. The summed E-state index contributed by atoms with van der Waals surface area (Å²) < 4.78 is 5.30. The molecule has 0 aromatic carbocycles. The van der Waals surface area contributed by atoms with Crippen LogP contribution in [0.4, 0.5) is 0 Å². The number of nitrogens with one attached hydrogen (secondary N) is 3. The van der Waals surface area contributed by atoms with E-state index < -0.39 is 11.6 Å². The van der Waals surface area contributed by atoms with E-state index in [1.807, 2.05) is 46.0 Å². The maximum Gasteiger partial charge on any atom is 0.357 e. The Balaban J connectivity index is 2.67. The fourth-order valence-electron chi connectivity index (χ4n) is 1.52. The van der Waals surface area contributed by atoms with Gasteiger partial charge in [-0.25, -0.2) is 4.79 Å². The number of hydrazine groups is 2. The first kappa shape index (κ1) is 16.9. The third kappa shape index (κ3) is 5.78. The third-order valence-corrected chi connectivity index (χ3v) is 2.51. The first-order valence-corrected chi connectivity index (χ1v) is 6.69. The van der Waals surface area contributed by atoms with E-state index in [2.05, 4.69) is 22.9 Å². The van der Waals surface area contributed by atoms with Crippen LogP contribution in [0.2, 0.25) is 0 Å². The number of nitrogens with zero attached hydrogens (tertiary/aromatic N) is 2. The van der Waals surface area contributed by atoms with E-state index in [-0.39, 0.29) is 0 Å². The Morgan fingerprint density at radius 1 is 1.52 bits per heavy atom. The molecule has 0 unspecified atom stereocenters. The first-order valence-electron chi connectivity index (χ1n) is 6.69. The number of esters is 1. The lowest BCUT2D eigenvalue weighted by atomic mass is 10.2. The van der Waals surface area contributed by atoms with Crippen molar-refractivity contribution in [3.05, 3.63) is 36.6 Å². The summed E-state index contributed by atoms with van der Waals surface area (Å²) in [7, 11) is 3.89. The van der Waals surface area contributed by atoms with Gasteiger partial charge in [0.15, 0.2) is 5.70 Å². The molecule has 0 saturated carbocycles. The third-order valence-electron chi connectivity index (χ3n) is 2.51. The summed E-state index contributed by atoms with van der Waals surface area (Å²) in [5.41, 5.74) is 6.57. The monoisotopic (exact) mass is 295 g/mol. The largest absolute Gasteiger partial charge is 0.455 e. The van der Waals surface area contributed by atoms with Gasteiger partial charge in [-0.15, -0.1) is 5.53 Å². The predicted molar refractivity (Wildman–Crippen MR) is 82.0 cm³/mol. The molecule has 1 rings (SSSR count). The van der Waals surface area contributed by atoms with Gasteiger partial charge in [0.2, 0.25) is 0 Å². The molecule has 0 atom stereocenters. The van der Waals surface area contributed by atoms with E-state index in [9.17, 15) is 4.79 Å². The van der Waals surface area contributed by atoms with Crippen molar-refractivity contribution >= 4 is 5.97 Å². The lowest BCUT2D eigenvalue weighted by molar-refractivity contribution is -0.150. The Morgan fingerprint density at radius 2 is 2.19 bits per heavy atom. The molecule has 21 heavy (non-hydrogen) atoms.